The third-order valence-corrected chi connectivity index (χ3v) is 8.00. The number of amides is 2. The van der Waals surface area contributed by atoms with Crippen LogP contribution in [0.5, 0.6) is 0 Å². The second-order valence-corrected chi connectivity index (χ2v) is 11.8. The summed E-state index contributed by atoms with van der Waals surface area (Å²) < 4.78 is 52.7. The van der Waals surface area contributed by atoms with E-state index in [4.69, 9.17) is 23.2 Å². The van der Waals surface area contributed by atoms with Gasteiger partial charge in [-0.2, -0.15) is 0 Å². The summed E-state index contributed by atoms with van der Waals surface area (Å²) in [5, 5.41) is 3.58. The molecule has 210 valence electrons. The molecule has 38 heavy (non-hydrogen) atoms. The van der Waals surface area contributed by atoms with Gasteiger partial charge in [0.1, 0.15) is 6.04 Å². The van der Waals surface area contributed by atoms with E-state index in [1.165, 1.54) is 4.90 Å². The normalized spacial score (nSPS) is 13.1. The summed E-state index contributed by atoms with van der Waals surface area (Å²) in [6, 6.07) is 6.87. The summed E-state index contributed by atoms with van der Waals surface area (Å²) in [4.78, 5) is 27.9. The van der Waals surface area contributed by atoms with Crippen LogP contribution in [0.15, 0.2) is 36.4 Å². The number of sulfonamides is 1. The molecule has 0 saturated carbocycles. The fourth-order valence-corrected chi connectivity index (χ4v) is 5.12. The molecule has 2 amide bonds. The molecule has 1 N–H and O–H groups in total. The monoisotopic (exact) mass is 591 g/mol. The standard InChI is InChI=1S/C26H33Cl2F2N3O4S/c1-5-17(3)31-26(35)24(6-2)32(16-18-9-11-20(27)21(28)14-18)25(34)8-7-13-33(38(4,36)37)19-10-12-22(29)23(30)15-19/h9-12,14-15,17,24H,5-8,13,16H2,1-4H3,(H,31,35)/t17-,24-/m1/s1. The fourth-order valence-electron chi connectivity index (χ4n) is 3.84. The van der Waals surface area contributed by atoms with Crippen LogP contribution < -0.4 is 9.62 Å². The van der Waals surface area contributed by atoms with Gasteiger partial charge in [-0.25, -0.2) is 17.2 Å². The molecular weight excluding hydrogens is 559 g/mol. The number of nitrogens with one attached hydrogen (secondary N) is 1. The first-order chi connectivity index (χ1) is 17.8. The van der Waals surface area contributed by atoms with Crippen molar-refractivity contribution in [3.63, 3.8) is 0 Å². The zero-order valence-electron chi connectivity index (χ0n) is 21.8. The van der Waals surface area contributed by atoms with Crippen LogP contribution >= 0.6 is 23.2 Å². The summed E-state index contributed by atoms with van der Waals surface area (Å²) in [6.07, 6.45) is 1.99. The number of anilines is 1. The topological polar surface area (TPSA) is 86.8 Å². The van der Waals surface area contributed by atoms with Gasteiger partial charge in [0, 0.05) is 31.6 Å². The van der Waals surface area contributed by atoms with Crippen molar-refractivity contribution >= 4 is 50.7 Å². The van der Waals surface area contributed by atoms with Crippen molar-refractivity contribution in [2.75, 3.05) is 17.1 Å². The second kappa shape index (κ2) is 14.1. The van der Waals surface area contributed by atoms with E-state index < -0.39 is 27.7 Å². The van der Waals surface area contributed by atoms with E-state index in [9.17, 15) is 26.8 Å². The molecule has 0 aliphatic carbocycles. The largest absolute Gasteiger partial charge is 0.352 e. The Hall–Kier alpha value is -2.43. The molecule has 0 heterocycles. The highest BCUT2D eigenvalue weighted by Gasteiger charge is 2.29. The number of nitrogens with zero attached hydrogens (tertiary/aromatic N) is 2. The van der Waals surface area contributed by atoms with Gasteiger partial charge in [0.15, 0.2) is 11.6 Å². The molecular formula is C26H33Cl2F2N3O4S. The van der Waals surface area contributed by atoms with Crippen molar-refractivity contribution in [2.24, 2.45) is 0 Å². The van der Waals surface area contributed by atoms with Crippen molar-refractivity contribution in [3.05, 3.63) is 63.6 Å². The fraction of sp³-hybridized carbons (Fsp3) is 0.462. The van der Waals surface area contributed by atoms with Gasteiger partial charge in [-0.1, -0.05) is 43.1 Å². The van der Waals surface area contributed by atoms with Gasteiger partial charge < -0.3 is 10.2 Å². The van der Waals surface area contributed by atoms with E-state index in [1.807, 2.05) is 13.8 Å². The lowest BCUT2D eigenvalue weighted by atomic mass is 10.1. The van der Waals surface area contributed by atoms with E-state index >= 15 is 0 Å². The van der Waals surface area contributed by atoms with Crippen LogP contribution in [0.2, 0.25) is 10.0 Å². The highest BCUT2D eigenvalue weighted by Crippen LogP contribution is 2.25. The summed E-state index contributed by atoms with van der Waals surface area (Å²) in [7, 11) is -3.85. The lowest BCUT2D eigenvalue weighted by Gasteiger charge is -2.32. The van der Waals surface area contributed by atoms with Crippen molar-refractivity contribution < 1.29 is 26.8 Å². The number of halogens is 4. The van der Waals surface area contributed by atoms with Crippen LogP contribution in [-0.4, -0.2) is 50.0 Å². The van der Waals surface area contributed by atoms with Crippen molar-refractivity contribution in [3.8, 4) is 0 Å². The molecule has 2 aromatic carbocycles. The van der Waals surface area contributed by atoms with E-state index in [0.717, 1.165) is 28.8 Å². The summed E-state index contributed by atoms with van der Waals surface area (Å²) >= 11 is 12.2. The molecule has 7 nitrogen and oxygen atoms in total. The van der Waals surface area contributed by atoms with Crippen molar-refractivity contribution in [1.29, 1.82) is 0 Å². The van der Waals surface area contributed by atoms with Crippen LogP contribution in [-0.2, 0) is 26.2 Å². The van der Waals surface area contributed by atoms with Gasteiger partial charge in [0.05, 0.1) is 22.0 Å². The summed E-state index contributed by atoms with van der Waals surface area (Å²) in [5.74, 6) is -2.95. The molecule has 2 atom stereocenters. The molecule has 12 heteroatoms. The van der Waals surface area contributed by atoms with Gasteiger partial charge in [-0.05, 0) is 56.0 Å². The maximum Gasteiger partial charge on any atom is 0.243 e. The molecule has 2 rings (SSSR count). The van der Waals surface area contributed by atoms with Gasteiger partial charge in [-0.3, -0.25) is 13.9 Å². The first kappa shape index (κ1) is 31.8. The third-order valence-electron chi connectivity index (χ3n) is 6.07. The van der Waals surface area contributed by atoms with E-state index in [1.54, 1.807) is 25.1 Å². The minimum Gasteiger partial charge on any atom is -0.352 e. The Morgan fingerprint density at radius 2 is 1.68 bits per heavy atom. The van der Waals surface area contributed by atoms with E-state index in [0.29, 0.717) is 28.5 Å². The number of hydrogen-bond acceptors (Lipinski definition) is 4. The molecule has 0 saturated heterocycles. The Kier molecular flexibility index (Phi) is 11.8. The lowest BCUT2D eigenvalue weighted by Crippen LogP contribution is -2.50. The molecule has 0 unspecified atom stereocenters. The predicted molar refractivity (Wildman–Crippen MR) is 147 cm³/mol. The molecule has 0 bridgehead atoms. The van der Waals surface area contributed by atoms with E-state index in [2.05, 4.69) is 5.32 Å². The van der Waals surface area contributed by atoms with Crippen LogP contribution in [0.25, 0.3) is 0 Å². The van der Waals surface area contributed by atoms with E-state index in [-0.39, 0.29) is 49.5 Å². The minimum absolute atomic E-state index is 0.0501. The Bertz CT molecular complexity index is 1250. The van der Waals surface area contributed by atoms with Gasteiger partial charge in [-0.15, -0.1) is 0 Å². The van der Waals surface area contributed by atoms with Gasteiger partial charge in [0.25, 0.3) is 0 Å². The molecule has 0 aliphatic rings. The zero-order chi connectivity index (χ0) is 28.6. The van der Waals surface area contributed by atoms with Gasteiger partial charge in [0.2, 0.25) is 21.8 Å². The second-order valence-electron chi connectivity index (χ2n) is 9.05. The smallest absolute Gasteiger partial charge is 0.243 e. The molecule has 0 aromatic heterocycles. The Morgan fingerprint density at radius 1 is 1.00 bits per heavy atom. The van der Waals surface area contributed by atoms with Crippen LogP contribution in [0.4, 0.5) is 14.5 Å². The molecule has 0 spiro atoms. The average molecular weight is 593 g/mol. The Labute approximate surface area is 233 Å². The predicted octanol–water partition coefficient (Wildman–Crippen LogP) is 5.54. The maximum absolute atomic E-state index is 13.8. The number of hydrogen-bond donors (Lipinski definition) is 1. The zero-order valence-corrected chi connectivity index (χ0v) is 24.1. The summed E-state index contributed by atoms with van der Waals surface area (Å²) in [6.45, 7) is 5.54. The Balaban J connectivity index is 2.27. The quantitative estimate of drug-likeness (QED) is 0.331. The number of carbonyl (C=O) groups is 2. The van der Waals surface area contributed by atoms with Crippen LogP contribution in [0.3, 0.4) is 0 Å². The van der Waals surface area contributed by atoms with Gasteiger partial charge >= 0.3 is 0 Å². The minimum atomic E-state index is -3.85. The first-order valence-corrected chi connectivity index (χ1v) is 14.8. The molecule has 0 fully saturated rings. The van der Waals surface area contributed by atoms with Crippen LogP contribution in [0, 0.1) is 11.6 Å². The third kappa shape index (κ3) is 8.81. The van der Waals surface area contributed by atoms with Crippen molar-refractivity contribution in [1.82, 2.24) is 10.2 Å². The number of rotatable bonds is 13. The molecule has 2 aromatic rings. The summed E-state index contributed by atoms with van der Waals surface area (Å²) in [5.41, 5.74) is 0.618. The first-order valence-electron chi connectivity index (χ1n) is 12.2. The number of benzene rings is 2. The lowest BCUT2D eigenvalue weighted by molar-refractivity contribution is -0.141. The average Bonchev–Trinajstić information content (AvgIpc) is 2.84. The Morgan fingerprint density at radius 3 is 2.24 bits per heavy atom. The van der Waals surface area contributed by atoms with Crippen LogP contribution in [0.1, 0.15) is 52.0 Å². The molecule has 0 aliphatic heterocycles. The SMILES string of the molecule is CC[C@@H](C)NC(=O)[C@@H](CC)N(Cc1ccc(Cl)c(Cl)c1)C(=O)CCCN(c1ccc(F)c(F)c1)S(C)(=O)=O. The number of carbonyl (C=O) groups excluding carboxylic acids is 2. The highest BCUT2D eigenvalue weighted by atomic mass is 35.5. The van der Waals surface area contributed by atoms with Crippen molar-refractivity contribution in [2.45, 2.75) is 65.1 Å². The molecule has 0 radical (unpaired) electrons. The maximum atomic E-state index is 13.8. The highest BCUT2D eigenvalue weighted by molar-refractivity contribution is 7.92.